The maximum absolute atomic E-state index is 12.8. The topological polar surface area (TPSA) is 64.3 Å². The van der Waals surface area contributed by atoms with Gasteiger partial charge in [-0.15, -0.1) is 0 Å². The van der Waals surface area contributed by atoms with Crippen LogP contribution in [-0.2, 0) is 9.53 Å². The van der Waals surface area contributed by atoms with E-state index in [1.807, 2.05) is 0 Å². The molecule has 0 spiro atoms. The van der Waals surface area contributed by atoms with Crippen molar-refractivity contribution in [2.75, 3.05) is 19.0 Å². The number of carbonyl (C=O) groups is 1. The molecule has 3 N–H and O–H groups in total. The molecule has 1 unspecified atom stereocenters. The summed E-state index contributed by atoms with van der Waals surface area (Å²) in [6, 6.07) is 3.12. The molecule has 100 valence electrons. The number of nitrogens with one attached hydrogen (secondary N) is 1. The standard InChI is InChI=1S/C12H16ClFN2O2/c1-18-6-2-3-10(15)12(17)16-11-5-4-8(14)7-9(11)13/h4-5,7,10H,2-3,6,15H2,1H3,(H,16,17). The van der Waals surface area contributed by atoms with E-state index >= 15 is 0 Å². The molecule has 4 nitrogen and oxygen atoms in total. The average molecular weight is 275 g/mol. The molecule has 0 fully saturated rings. The van der Waals surface area contributed by atoms with Gasteiger partial charge in [0, 0.05) is 13.7 Å². The first-order valence-corrected chi connectivity index (χ1v) is 5.93. The highest BCUT2D eigenvalue weighted by molar-refractivity contribution is 6.33. The Kier molecular flexibility index (Phi) is 6.04. The van der Waals surface area contributed by atoms with Crippen LogP contribution in [0.15, 0.2) is 18.2 Å². The predicted octanol–water partition coefficient (Wildman–Crippen LogP) is 2.17. The van der Waals surface area contributed by atoms with Gasteiger partial charge >= 0.3 is 0 Å². The van der Waals surface area contributed by atoms with E-state index in [9.17, 15) is 9.18 Å². The highest BCUT2D eigenvalue weighted by Crippen LogP contribution is 2.22. The smallest absolute Gasteiger partial charge is 0.241 e. The molecule has 1 aromatic carbocycles. The normalized spacial score (nSPS) is 12.2. The second kappa shape index (κ2) is 7.31. The first-order valence-electron chi connectivity index (χ1n) is 5.55. The third-order valence-electron chi connectivity index (χ3n) is 2.39. The number of nitrogens with two attached hydrogens (primary N) is 1. The maximum Gasteiger partial charge on any atom is 0.241 e. The van der Waals surface area contributed by atoms with Crippen molar-refractivity contribution in [3.05, 3.63) is 29.0 Å². The Morgan fingerprint density at radius 3 is 2.94 bits per heavy atom. The molecule has 1 atom stereocenters. The minimum Gasteiger partial charge on any atom is -0.385 e. The van der Waals surface area contributed by atoms with Crippen molar-refractivity contribution < 1.29 is 13.9 Å². The Morgan fingerprint density at radius 1 is 1.61 bits per heavy atom. The van der Waals surface area contributed by atoms with E-state index in [2.05, 4.69) is 5.32 Å². The Morgan fingerprint density at radius 2 is 2.33 bits per heavy atom. The van der Waals surface area contributed by atoms with Crippen LogP contribution in [0.5, 0.6) is 0 Å². The van der Waals surface area contributed by atoms with Crippen molar-refractivity contribution >= 4 is 23.2 Å². The van der Waals surface area contributed by atoms with Crippen LogP contribution in [-0.4, -0.2) is 25.7 Å². The molecule has 1 amide bonds. The van der Waals surface area contributed by atoms with Gasteiger partial charge in [0.05, 0.1) is 16.8 Å². The van der Waals surface area contributed by atoms with Crippen molar-refractivity contribution in [1.29, 1.82) is 0 Å². The number of carbonyl (C=O) groups excluding carboxylic acids is 1. The summed E-state index contributed by atoms with van der Waals surface area (Å²) in [5.41, 5.74) is 6.05. The fourth-order valence-corrected chi connectivity index (χ4v) is 1.61. The molecule has 0 aliphatic carbocycles. The van der Waals surface area contributed by atoms with E-state index in [1.165, 1.54) is 12.1 Å². The summed E-state index contributed by atoms with van der Waals surface area (Å²) in [5.74, 6) is -0.804. The van der Waals surface area contributed by atoms with Crippen LogP contribution < -0.4 is 11.1 Å². The lowest BCUT2D eigenvalue weighted by atomic mass is 10.1. The number of amides is 1. The minimum atomic E-state index is -0.638. The maximum atomic E-state index is 12.8. The average Bonchev–Trinajstić information content (AvgIpc) is 2.32. The summed E-state index contributed by atoms with van der Waals surface area (Å²) in [7, 11) is 1.59. The first kappa shape index (κ1) is 14.9. The quantitative estimate of drug-likeness (QED) is 0.782. The molecule has 0 aromatic heterocycles. The van der Waals surface area contributed by atoms with Crippen LogP contribution in [0.25, 0.3) is 0 Å². The van der Waals surface area contributed by atoms with E-state index in [4.69, 9.17) is 22.1 Å². The van der Waals surface area contributed by atoms with Gasteiger partial charge < -0.3 is 15.8 Å². The fraction of sp³-hybridized carbons (Fsp3) is 0.417. The van der Waals surface area contributed by atoms with E-state index < -0.39 is 11.9 Å². The predicted molar refractivity (Wildman–Crippen MR) is 69.1 cm³/mol. The zero-order valence-electron chi connectivity index (χ0n) is 10.1. The summed E-state index contributed by atoms with van der Waals surface area (Å²) >= 11 is 5.79. The van der Waals surface area contributed by atoms with Gasteiger partial charge in [-0.3, -0.25) is 4.79 Å². The molecule has 6 heteroatoms. The first-order chi connectivity index (χ1) is 8.54. The van der Waals surface area contributed by atoms with Crippen LogP contribution in [0.4, 0.5) is 10.1 Å². The molecule has 0 saturated carbocycles. The van der Waals surface area contributed by atoms with Crippen LogP contribution in [0.1, 0.15) is 12.8 Å². The lowest BCUT2D eigenvalue weighted by Gasteiger charge is -2.12. The molecule has 1 rings (SSSR count). The van der Waals surface area contributed by atoms with Gasteiger partial charge in [0.25, 0.3) is 0 Å². The second-order valence-corrected chi connectivity index (χ2v) is 4.26. The molecule has 1 aromatic rings. The fourth-order valence-electron chi connectivity index (χ4n) is 1.39. The molecule has 0 aliphatic heterocycles. The van der Waals surface area contributed by atoms with Gasteiger partial charge in [0.2, 0.25) is 5.91 Å². The largest absolute Gasteiger partial charge is 0.385 e. The number of hydrogen-bond donors (Lipinski definition) is 2. The molecule has 0 saturated heterocycles. The molecular formula is C12H16ClFN2O2. The van der Waals surface area contributed by atoms with Gasteiger partial charge in [-0.05, 0) is 31.0 Å². The summed E-state index contributed by atoms with van der Waals surface area (Å²) in [5, 5.41) is 2.71. The summed E-state index contributed by atoms with van der Waals surface area (Å²) in [6.45, 7) is 0.554. The highest BCUT2D eigenvalue weighted by Gasteiger charge is 2.14. The van der Waals surface area contributed by atoms with Gasteiger partial charge in [-0.1, -0.05) is 11.6 Å². The van der Waals surface area contributed by atoms with Gasteiger partial charge in [0.15, 0.2) is 0 Å². The number of hydrogen-bond acceptors (Lipinski definition) is 3. The van der Waals surface area contributed by atoms with E-state index in [0.29, 0.717) is 25.1 Å². The highest BCUT2D eigenvalue weighted by atomic mass is 35.5. The minimum absolute atomic E-state index is 0.146. The molecule has 0 heterocycles. The third-order valence-corrected chi connectivity index (χ3v) is 2.70. The monoisotopic (exact) mass is 274 g/mol. The molecular weight excluding hydrogens is 259 g/mol. The van der Waals surface area contributed by atoms with Crippen LogP contribution in [0.3, 0.4) is 0 Å². The lowest BCUT2D eigenvalue weighted by Crippen LogP contribution is -2.35. The van der Waals surface area contributed by atoms with Crippen LogP contribution in [0.2, 0.25) is 5.02 Å². The van der Waals surface area contributed by atoms with Crippen LogP contribution in [0, 0.1) is 5.82 Å². The lowest BCUT2D eigenvalue weighted by molar-refractivity contribution is -0.117. The Hall–Kier alpha value is -1.17. The van der Waals surface area contributed by atoms with E-state index in [1.54, 1.807) is 7.11 Å². The van der Waals surface area contributed by atoms with Crippen molar-refractivity contribution in [2.24, 2.45) is 5.73 Å². The van der Waals surface area contributed by atoms with Crippen molar-refractivity contribution in [3.8, 4) is 0 Å². The number of benzene rings is 1. The number of anilines is 1. The molecule has 0 radical (unpaired) electrons. The van der Waals surface area contributed by atoms with Gasteiger partial charge in [-0.2, -0.15) is 0 Å². The zero-order valence-corrected chi connectivity index (χ0v) is 10.8. The Labute approximate surface area is 110 Å². The zero-order chi connectivity index (χ0) is 13.5. The van der Waals surface area contributed by atoms with Gasteiger partial charge in [0.1, 0.15) is 5.82 Å². The SMILES string of the molecule is COCCCC(N)C(=O)Nc1ccc(F)cc1Cl. The number of methoxy groups -OCH3 is 1. The molecule has 0 aliphatic rings. The summed E-state index contributed by atoms with van der Waals surface area (Å²) in [6.07, 6.45) is 1.21. The molecule has 18 heavy (non-hydrogen) atoms. The van der Waals surface area contributed by atoms with Crippen LogP contribution >= 0.6 is 11.6 Å². The van der Waals surface area contributed by atoms with E-state index in [0.717, 1.165) is 6.07 Å². The summed E-state index contributed by atoms with van der Waals surface area (Å²) in [4.78, 5) is 11.7. The van der Waals surface area contributed by atoms with Crippen molar-refractivity contribution in [3.63, 3.8) is 0 Å². The van der Waals surface area contributed by atoms with Gasteiger partial charge in [-0.25, -0.2) is 4.39 Å². The number of halogens is 2. The number of rotatable bonds is 6. The van der Waals surface area contributed by atoms with Crippen molar-refractivity contribution in [2.45, 2.75) is 18.9 Å². The Balaban J connectivity index is 2.53. The van der Waals surface area contributed by atoms with Crippen molar-refractivity contribution in [1.82, 2.24) is 0 Å². The second-order valence-electron chi connectivity index (χ2n) is 3.85. The number of ether oxygens (including phenoxy) is 1. The Bertz CT molecular complexity index is 415. The third kappa shape index (κ3) is 4.60. The summed E-state index contributed by atoms with van der Waals surface area (Å²) < 4.78 is 17.7. The molecule has 0 bridgehead atoms. The van der Waals surface area contributed by atoms with E-state index in [-0.39, 0.29) is 10.9 Å².